The summed E-state index contributed by atoms with van der Waals surface area (Å²) in [5.41, 5.74) is 1.75. The minimum atomic E-state index is -0.183. The Labute approximate surface area is 112 Å². The molecule has 0 saturated carbocycles. The van der Waals surface area contributed by atoms with Crippen LogP contribution in [0.2, 0.25) is 0 Å². The molecular weight excluding hydrogens is 244 g/mol. The molecular formula is C14H18N2O3. The van der Waals surface area contributed by atoms with E-state index in [-0.39, 0.29) is 18.4 Å². The summed E-state index contributed by atoms with van der Waals surface area (Å²) in [4.78, 5) is 24.8. The lowest BCUT2D eigenvalue weighted by Crippen LogP contribution is -2.24. The third-order valence-corrected chi connectivity index (χ3v) is 3.03. The summed E-state index contributed by atoms with van der Waals surface area (Å²) in [5.74, 6) is 0.0192. The van der Waals surface area contributed by atoms with E-state index >= 15 is 0 Å². The lowest BCUT2D eigenvalue weighted by atomic mass is 10.2. The summed E-state index contributed by atoms with van der Waals surface area (Å²) in [6.07, 6.45) is 1.58. The lowest BCUT2D eigenvalue weighted by Gasteiger charge is -2.16. The van der Waals surface area contributed by atoms with Gasteiger partial charge < -0.3 is 15.0 Å². The molecule has 5 nitrogen and oxygen atoms in total. The number of amides is 2. The molecule has 0 atom stereocenters. The van der Waals surface area contributed by atoms with Gasteiger partial charge >= 0.3 is 0 Å². The fourth-order valence-electron chi connectivity index (χ4n) is 2.17. The number of methoxy groups -OCH3 is 1. The van der Waals surface area contributed by atoms with Crippen molar-refractivity contribution in [1.29, 1.82) is 0 Å². The second-order valence-electron chi connectivity index (χ2n) is 4.60. The standard InChI is InChI=1S/C14H18N2O3/c1-19-10-13(17)15-12-5-2-4-11(8-12)9-16-7-3-6-14(16)18/h2,4-5,8H,3,6-7,9-10H2,1H3,(H,15,17). The third kappa shape index (κ3) is 3.79. The van der Waals surface area contributed by atoms with Crippen LogP contribution in [0.4, 0.5) is 5.69 Å². The van der Waals surface area contributed by atoms with Crippen LogP contribution >= 0.6 is 0 Å². The summed E-state index contributed by atoms with van der Waals surface area (Å²) in [6, 6.07) is 7.54. The number of benzene rings is 1. The zero-order valence-electron chi connectivity index (χ0n) is 11.0. The van der Waals surface area contributed by atoms with Crippen molar-refractivity contribution in [1.82, 2.24) is 4.90 Å². The van der Waals surface area contributed by atoms with E-state index in [1.807, 2.05) is 29.2 Å². The predicted octanol–water partition coefficient (Wildman–Crippen LogP) is 1.39. The molecule has 0 aliphatic carbocycles. The smallest absolute Gasteiger partial charge is 0.250 e. The van der Waals surface area contributed by atoms with Crippen LogP contribution in [0.25, 0.3) is 0 Å². The normalized spacial score (nSPS) is 14.8. The summed E-state index contributed by atoms with van der Waals surface area (Å²) in [6.45, 7) is 1.46. The first kappa shape index (κ1) is 13.5. The molecule has 1 aromatic carbocycles. The van der Waals surface area contributed by atoms with Gasteiger partial charge in [0.25, 0.3) is 0 Å². The largest absolute Gasteiger partial charge is 0.375 e. The SMILES string of the molecule is COCC(=O)Nc1cccc(CN2CCCC2=O)c1. The molecule has 2 amide bonds. The Kier molecular flexibility index (Phi) is 4.52. The first-order chi connectivity index (χ1) is 9.19. The Morgan fingerprint density at radius 3 is 3.00 bits per heavy atom. The summed E-state index contributed by atoms with van der Waals surface area (Å²) < 4.78 is 4.76. The van der Waals surface area contributed by atoms with Crippen LogP contribution in [-0.4, -0.2) is 37.0 Å². The minimum absolute atomic E-state index is 0.0365. The molecule has 1 N–H and O–H groups in total. The van der Waals surface area contributed by atoms with Crippen LogP contribution in [0.5, 0.6) is 0 Å². The highest BCUT2D eigenvalue weighted by atomic mass is 16.5. The molecule has 1 heterocycles. The van der Waals surface area contributed by atoms with Crippen LogP contribution in [0.3, 0.4) is 0 Å². The van der Waals surface area contributed by atoms with E-state index in [0.29, 0.717) is 13.0 Å². The average Bonchev–Trinajstić information content (AvgIpc) is 2.76. The minimum Gasteiger partial charge on any atom is -0.375 e. The molecule has 0 unspecified atom stereocenters. The van der Waals surface area contributed by atoms with Gasteiger partial charge in [0.2, 0.25) is 11.8 Å². The maximum absolute atomic E-state index is 11.6. The fraction of sp³-hybridized carbons (Fsp3) is 0.429. The highest BCUT2D eigenvalue weighted by Crippen LogP contribution is 2.17. The van der Waals surface area contributed by atoms with Crippen LogP contribution in [0, 0.1) is 0 Å². The summed E-state index contributed by atoms with van der Waals surface area (Å²) in [5, 5.41) is 2.75. The van der Waals surface area contributed by atoms with Crippen molar-refractivity contribution >= 4 is 17.5 Å². The topological polar surface area (TPSA) is 58.6 Å². The van der Waals surface area contributed by atoms with E-state index < -0.39 is 0 Å². The van der Waals surface area contributed by atoms with E-state index in [4.69, 9.17) is 4.74 Å². The Hall–Kier alpha value is -1.88. The summed E-state index contributed by atoms with van der Waals surface area (Å²) in [7, 11) is 1.48. The van der Waals surface area contributed by atoms with E-state index in [1.165, 1.54) is 7.11 Å². The van der Waals surface area contributed by atoms with Gasteiger partial charge in [-0.15, -0.1) is 0 Å². The second kappa shape index (κ2) is 6.33. The number of carbonyl (C=O) groups excluding carboxylic acids is 2. The molecule has 102 valence electrons. The monoisotopic (exact) mass is 262 g/mol. The number of hydrogen-bond acceptors (Lipinski definition) is 3. The molecule has 19 heavy (non-hydrogen) atoms. The molecule has 0 bridgehead atoms. The van der Waals surface area contributed by atoms with Crippen molar-refractivity contribution in [2.75, 3.05) is 25.6 Å². The van der Waals surface area contributed by atoms with Gasteiger partial charge in [-0.1, -0.05) is 12.1 Å². The molecule has 5 heteroatoms. The van der Waals surface area contributed by atoms with Crippen LogP contribution < -0.4 is 5.32 Å². The van der Waals surface area contributed by atoms with Gasteiger partial charge in [-0.05, 0) is 24.1 Å². The molecule has 2 rings (SSSR count). The second-order valence-corrected chi connectivity index (χ2v) is 4.60. The van der Waals surface area contributed by atoms with E-state index in [9.17, 15) is 9.59 Å². The van der Waals surface area contributed by atoms with Crippen molar-refractivity contribution in [2.45, 2.75) is 19.4 Å². The van der Waals surface area contributed by atoms with Gasteiger partial charge in [-0.25, -0.2) is 0 Å². The van der Waals surface area contributed by atoms with Gasteiger partial charge in [0, 0.05) is 32.3 Å². The average molecular weight is 262 g/mol. The summed E-state index contributed by atoms with van der Waals surface area (Å²) >= 11 is 0. The van der Waals surface area contributed by atoms with Crippen molar-refractivity contribution in [3.05, 3.63) is 29.8 Å². The number of rotatable bonds is 5. The molecule has 0 spiro atoms. The van der Waals surface area contributed by atoms with Crippen LogP contribution in [0.15, 0.2) is 24.3 Å². The Morgan fingerprint density at radius 2 is 2.32 bits per heavy atom. The molecule has 1 saturated heterocycles. The fourth-order valence-corrected chi connectivity index (χ4v) is 2.17. The highest BCUT2D eigenvalue weighted by Gasteiger charge is 2.19. The van der Waals surface area contributed by atoms with Crippen molar-refractivity contribution in [2.24, 2.45) is 0 Å². The number of likely N-dealkylation sites (tertiary alicyclic amines) is 1. The molecule has 1 aromatic rings. The van der Waals surface area contributed by atoms with Gasteiger partial charge in [-0.3, -0.25) is 9.59 Å². The van der Waals surface area contributed by atoms with Crippen LogP contribution in [-0.2, 0) is 20.9 Å². The number of nitrogens with zero attached hydrogens (tertiary/aromatic N) is 1. The Bertz CT molecular complexity index is 474. The van der Waals surface area contributed by atoms with E-state index in [0.717, 1.165) is 24.2 Å². The molecule has 1 aliphatic heterocycles. The number of anilines is 1. The molecule has 1 aliphatic rings. The predicted molar refractivity (Wildman–Crippen MR) is 71.6 cm³/mol. The molecule has 0 radical (unpaired) electrons. The van der Waals surface area contributed by atoms with E-state index in [2.05, 4.69) is 5.32 Å². The maximum atomic E-state index is 11.6. The molecule has 1 fully saturated rings. The van der Waals surface area contributed by atoms with E-state index in [1.54, 1.807) is 0 Å². The van der Waals surface area contributed by atoms with Gasteiger partial charge in [0.05, 0.1) is 0 Å². The van der Waals surface area contributed by atoms with Crippen molar-refractivity contribution in [3.8, 4) is 0 Å². The molecule has 0 aromatic heterocycles. The third-order valence-electron chi connectivity index (χ3n) is 3.03. The van der Waals surface area contributed by atoms with Crippen molar-refractivity contribution < 1.29 is 14.3 Å². The number of carbonyl (C=O) groups is 2. The Balaban J connectivity index is 1.98. The number of nitrogens with one attached hydrogen (secondary N) is 1. The Morgan fingerprint density at radius 1 is 1.47 bits per heavy atom. The van der Waals surface area contributed by atoms with Gasteiger partial charge in [-0.2, -0.15) is 0 Å². The van der Waals surface area contributed by atoms with Gasteiger partial charge in [0.15, 0.2) is 0 Å². The first-order valence-electron chi connectivity index (χ1n) is 6.34. The zero-order chi connectivity index (χ0) is 13.7. The highest BCUT2D eigenvalue weighted by molar-refractivity contribution is 5.91. The maximum Gasteiger partial charge on any atom is 0.250 e. The van der Waals surface area contributed by atoms with Gasteiger partial charge in [0.1, 0.15) is 6.61 Å². The zero-order valence-corrected chi connectivity index (χ0v) is 11.0. The van der Waals surface area contributed by atoms with Crippen molar-refractivity contribution in [3.63, 3.8) is 0 Å². The first-order valence-corrected chi connectivity index (χ1v) is 6.34. The quantitative estimate of drug-likeness (QED) is 0.872. The number of ether oxygens (including phenoxy) is 1. The lowest BCUT2D eigenvalue weighted by molar-refractivity contribution is -0.128. The number of hydrogen-bond donors (Lipinski definition) is 1. The van der Waals surface area contributed by atoms with Crippen LogP contribution in [0.1, 0.15) is 18.4 Å².